The maximum absolute atomic E-state index is 7.76. The van der Waals surface area contributed by atoms with Gasteiger partial charge in [-0.2, -0.15) is 5.10 Å². The van der Waals surface area contributed by atoms with Crippen LogP contribution >= 0.6 is 11.8 Å². The van der Waals surface area contributed by atoms with Crippen molar-refractivity contribution in [3.8, 4) is 0 Å². The predicted octanol–water partition coefficient (Wildman–Crippen LogP) is 2.79. The number of methoxy groups -OCH3 is 1. The number of aromatic nitrogens is 3. The van der Waals surface area contributed by atoms with Gasteiger partial charge in [0, 0.05) is 6.20 Å². The highest BCUT2D eigenvalue weighted by molar-refractivity contribution is 8.04. The first kappa shape index (κ1) is 13.4. The Morgan fingerprint density at radius 3 is 3.21 bits per heavy atom. The Bertz CT molecular complexity index is 633. The molecule has 0 aliphatic carbocycles. The molecule has 2 aromatic rings. The molecule has 5 nitrogen and oxygen atoms in total. The monoisotopic (exact) mass is 274 g/mol. The molecule has 0 aromatic carbocycles. The molecule has 0 fully saturated rings. The van der Waals surface area contributed by atoms with Crippen LogP contribution in [0.15, 0.2) is 41.8 Å². The van der Waals surface area contributed by atoms with Crippen molar-refractivity contribution in [1.29, 1.82) is 5.41 Å². The van der Waals surface area contributed by atoms with E-state index in [1.54, 1.807) is 16.3 Å². The van der Waals surface area contributed by atoms with Crippen molar-refractivity contribution in [2.24, 2.45) is 0 Å². The number of allylic oxidation sites excluding steroid dienone is 1. The number of ether oxygens (including phenoxy) is 1. The second kappa shape index (κ2) is 6.19. The van der Waals surface area contributed by atoms with Crippen molar-refractivity contribution in [3.63, 3.8) is 0 Å². The third kappa shape index (κ3) is 2.85. The van der Waals surface area contributed by atoms with E-state index in [0.717, 1.165) is 11.0 Å². The molecule has 0 radical (unpaired) electrons. The Labute approximate surface area is 115 Å². The van der Waals surface area contributed by atoms with Crippen LogP contribution in [0.5, 0.6) is 0 Å². The molecule has 0 amide bonds. The van der Waals surface area contributed by atoms with Crippen LogP contribution in [-0.2, 0) is 11.3 Å². The van der Waals surface area contributed by atoms with E-state index in [1.807, 2.05) is 23.6 Å². The van der Waals surface area contributed by atoms with Crippen molar-refractivity contribution < 1.29 is 4.74 Å². The zero-order chi connectivity index (χ0) is 13.7. The van der Waals surface area contributed by atoms with Crippen LogP contribution in [0.4, 0.5) is 0 Å². The van der Waals surface area contributed by atoms with Gasteiger partial charge < -0.3 is 4.74 Å². The average molecular weight is 274 g/mol. The highest BCUT2D eigenvalue weighted by atomic mass is 32.2. The smallest absolute Gasteiger partial charge is 0.234 e. The molecular formula is C13H14N4OS. The van der Waals surface area contributed by atoms with Gasteiger partial charge in [-0.25, -0.2) is 9.67 Å². The molecule has 0 aliphatic rings. The van der Waals surface area contributed by atoms with E-state index in [4.69, 9.17) is 10.1 Å². The molecule has 0 saturated heterocycles. The fourth-order valence-electron chi connectivity index (χ4n) is 1.66. The minimum Gasteiger partial charge on any atom is -0.480 e. The van der Waals surface area contributed by atoms with Crippen LogP contribution in [0.1, 0.15) is 5.69 Å². The summed E-state index contributed by atoms with van der Waals surface area (Å²) in [6.45, 7) is 4.21. The number of fused-ring (bicyclic) bond motifs is 1. The molecule has 0 unspecified atom stereocenters. The highest BCUT2D eigenvalue weighted by Crippen LogP contribution is 2.17. The van der Waals surface area contributed by atoms with E-state index in [0.29, 0.717) is 12.2 Å². The summed E-state index contributed by atoms with van der Waals surface area (Å²) < 4.78 is 6.69. The van der Waals surface area contributed by atoms with Crippen molar-refractivity contribution >= 4 is 28.7 Å². The molecule has 0 aliphatic heterocycles. The van der Waals surface area contributed by atoms with Crippen molar-refractivity contribution in [3.05, 3.63) is 47.5 Å². The number of nitrogens with one attached hydrogen (secondary N) is 1. The highest BCUT2D eigenvalue weighted by Gasteiger charge is 2.14. The van der Waals surface area contributed by atoms with Gasteiger partial charge in [0.15, 0.2) is 11.3 Å². The molecule has 0 atom stereocenters. The summed E-state index contributed by atoms with van der Waals surface area (Å²) in [7, 11) is 1.46. The number of hydrogen-bond acceptors (Lipinski definition) is 5. The third-order valence-electron chi connectivity index (χ3n) is 2.48. The van der Waals surface area contributed by atoms with Crippen LogP contribution in [0.2, 0.25) is 0 Å². The fraction of sp³-hybridized carbons (Fsp3) is 0.154. The van der Waals surface area contributed by atoms with Gasteiger partial charge in [-0.3, -0.25) is 5.41 Å². The summed E-state index contributed by atoms with van der Waals surface area (Å²) in [5.74, 6) is 0.0428. The van der Waals surface area contributed by atoms with Gasteiger partial charge in [0.25, 0.3) is 0 Å². The lowest BCUT2D eigenvalue weighted by Crippen LogP contribution is -2.05. The first-order valence-corrected chi connectivity index (χ1v) is 6.58. The van der Waals surface area contributed by atoms with Gasteiger partial charge in [-0.1, -0.05) is 12.7 Å². The standard InChI is InChI=1S/C13H14N4OS/c1-3-19-9-5-8-17-13-10(6-4-7-15-13)11(16-17)12(14)18-2/h3-7,9,14H,1,8H2,2H3. The minimum absolute atomic E-state index is 0.0428. The van der Waals surface area contributed by atoms with E-state index in [2.05, 4.69) is 16.7 Å². The second-order valence-corrected chi connectivity index (χ2v) is 4.49. The van der Waals surface area contributed by atoms with Gasteiger partial charge in [0.1, 0.15) is 0 Å². The van der Waals surface area contributed by atoms with Crippen LogP contribution in [0.3, 0.4) is 0 Å². The summed E-state index contributed by atoms with van der Waals surface area (Å²) in [6, 6.07) is 3.71. The molecule has 0 bridgehead atoms. The van der Waals surface area contributed by atoms with Crippen LogP contribution in [-0.4, -0.2) is 27.8 Å². The molecule has 19 heavy (non-hydrogen) atoms. The SMILES string of the molecule is C=CSC=CCn1nc(C(=N)OC)c2cccnc21. The summed E-state index contributed by atoms with van der Waals surface area (Å²) in [5.41, 5.74) is 1.25. The Morgan fingerprint density at radius 2 is 2.47 bits per heavy atom. The normalized spacial score (nSPS) is 11.0. The Balaban J connectivity index is 2.38. The van der Waals surface area contributed by atoms with E-state index >= 15 is 0 Å². The number of hydrogen-bond donors (Lipinski definition) is 1. The third-order valence-corrected chi connectivity index (χ3v) is 3.02. The number of rotatable bonds is 5. The molecule has 2 rings (SSSR count). The van der Waals surface area contributed by atoms with Gasteiger partial charge in [0.05, 0.1) is 19.0 Å². The van der Waals surface area contributed by atoms with Crippen LogP contribution < -0.4 is 0 Å². The Hall–Kier alpha value is -2.08. The van der Waals surface area contributed by atoms with Crippen molar-refractivity contribution in [2.75, 3.05) is 7.11 Å². The van der Waals surface area contributed by atoms with E-state index in [9.17, 15) is 0 Å². The lowest BCUT2D eigenvalue weighted by Gasteiger charge is -1.97. The van der Waals surface area contributed by atoms with E-state index in [-0.39, 0.29) is 5.90 Å². The molecule has 98 valence electrons. The summed E-state index contributed by atoms with van der Waals surface area (Å²) >= 11 is 1.51. The number of nitrogens with zero attached hydrogens (tertiary/aromatic N) is 3. The topological polar surface area (TPSA) is 63.8 Å². The fourth-order valence-corrected chi connectivity index (χ4v) is 1.96. The molecule has 2 heterocycles. The van der Waals surface area contributed by atoms with Gasteiger partial charge in [0.2, 0.25) is 5.90 Å². The molecular weight excluding hydrogens is 260 g/mol. The molecule has 0 saturated carbocycles. The lowest BCUT2D eigenvalue weighted by atomic mass is 10.2. The molecule has 2 aromatic heterocycles. The van der Waals surface area contributed by atoms with Crippen LogP contribution in [0, 0.1) is 5.41 Å². The zero-order valence-corrected chi connectivity index (χ0v) is 11.4. The summed E-state index contributed by atoms with van der Waals surface area (Å²) in [5, 5.41) is 16.6. The van der Waals surface area contributed by atoms with E-state index in [1.165, 1.54) is 18.9 Å². The van der Waals surface area contributed by atoms with Gasteiger partial charge >= 0.3 is 0 Å². The lowest BCUT2D eigenvalue weighted by molar-refractivity contribution is 0.399. The minimum atomic E-state index is 0.0428. The second-order valence-electron chi connectivity index (χ2n) is 3.61. The first-order chi connectivity index (χ1) is 9.27. The predicted molar refractivity (Wildman–Crippen MR) is 78.3 cm³/mol. The molecule has 1 N–H and O–H groups in total. The van der Waals surface area contributed by atoms with Crippen molar-refractivity contribution in [2.45, 2.75) is 6.54 Å². The Kier molecular flexibility index (Phi) is 4.35. The first-order valence-electron chi connectivity index (χ1n) is 5.63. The van der Waals surface area contributed by atoms with Crippen molar-refractivity contribution in [1.82, 2.24) is 14.8 Å². The Morgan fingerprint density at radius 1 is 1.63 bits per heavy atom. The maximum atomic E-state index is 7.76. The molecule has 0 spiro atoms. The van der Waals surface area contributed by atoms with E-state index < -0.39 is 0 Å². The number of thioether (sulfide) groups is 1. The quantitative estimate of drug-likeness (QED) is 0.672. The summed E-state index contributed by atoms with van der Waals surface area (Å²) in [6.07, 6.45) is 3.68. The van der Waals surface area contributed by atoms with Gasteiger partial charge in [-0.15, -0.1) is 11.8 Å². The largest absolute Gasteiger partial charge is 0.480 e. The van der Waals surface area contributed by atoms with Gasteiger partial charge in [-0.05, 0) is 22.9 Å². The van der Waals surface area contributed by atoms with Crippen LogP contribution in [0.25, 0.3) is 11.0 Å². The zero-order valence-electron chi connectivity index (χ0n) is 10.5. The average Bonchev–Trinajstić information content (AvgIpc) is 2.82. The maximum Gasteiger partial charge on any atom is 0.234 e. The summed E-state index contributed by atoms with van der Waals surface area (Å²) in [4.78, 5) is 4.30. The molecule has 6 heteroatoms. The number of pyridine rings is 1.